The molecule has 0 aliphatic rings. The summed E-state index contributed by atoms with van der Waals surface area (Å²) in [5.41, 5.74) is 0.936. The first-order chi connectivity index (χ1) is 12.6. The minimum Gasteiger partial charge on any atom is -0.344 e. The van der Waals surface area contributed by atoms with Crippen LogP contribution in [0, 0.1) is 0 Å². The molecule has 2 aromatic rings. The van der Waals surface area contributed by atoms with Crippen LogP contribution < -0.4 is 10.6 Å². The monoisotopic (exact) mass is 429 g/mol. The van der Waals surface area contributed by atoms with E-state index in [0.29, 0.717) is 21.3 Å². The van der Waals surface area contributed by atoms with E-state index >= 15 is 0 Å². The standard InChI is InChI=1S/C17H17Cl2N3O4S/c1-22(2)27(25,26)15-5-3-11(4-6-15)10-20-16(23)17(24)21-14-8-12(18)7-13(19)9-14/h3-9H,10H2,1-2H3,(H,20,23)(H,21,24). The van der Waals surface area contributed by atoms with E-state index in [0.717, 1.165) is 4.31 Å². The number of amides is 2. The Balaban J connectivity index is 1.96. The summed E-state index contributed by atoms with van der Waals surface area (Å²) in [5.74, 6) is -1.73. The number of carbonyl (C=O) groups is 2. The summed E-state index contributed by atoms with van der Waals surface area (Å²) in [4.78, 5) is 24.0. The molecule has 2 amide bonds. The third-order valence-electron chi connectivity index (χ3n) is 3.48. The van der Waals surface area contributed by atoms with Gasteiger partial charge in [0.25, 0.3) is 0 Å². The van der Waals surface area contributed by atoms with Crippen molar-refractivity contribution in [2.24, 2.45) is 0 Å². The summed E-state index contributed by atoms with van der Waals surface area (Å²) in [6.07, 6.45) is 0. The summed E-state index contributed by atoms with van der Waals surface area (Å²) in [7, 11) is -0.640. The van der Waals surface area contributed by atoms with Gasteiger partial charge in [-0.25, -0.2) is 12.7 Å². The molecular formula is C17H17Cl2N3O4S. The van der Waals surface area contributed by atoms with Crippen molar-refractivity contribution in [1.82, 2.24) is 9.62 Å². The Bertz CT molecular complexity index is 940. The van der Waals surface area contributed by atoms with Gasteiger partial charge in [-0.3, -0.25) is 9.59 Å². The summed E-state index contributed by atoms with van der Waals surface area (Å²) >= 11 is 11.7. The lowest BCUT2D eigenvalue weighted by atomic mass is 10.2. The van der Waals surface area contributed by atoms with Crippen molar-refractivity contribution in [2.75, 3.05) is 19.4 Å². The number of benzene rings is 2. The van der Waals surface area contributed by atoms with Gasteiger partial charge in [-0.15, -0.1) is 0 Å². The molecular weight excluding hydrogens is 413 g/mol. The van der Waals surface area contributed by atoms with Crippen molar-refractivity contribution in [1.29, 1.82) is 0 Å². The molecule has 2 N–H and O–H groups in total. The van der Waals surface area contributed by atoms with Crippen LogP contribution in [0.3, 0.4) is 0 Å². The van der Waals surface area contributed by atoms with Crippen molar-refractivity contribution in [3.8, 4) is 0 Å². The van der Waals surface area contributed by atoms with E-state index in [9.17, 15) is 18.0 Å². The summed E-state index contributed by atoms with van der Waals surface area (Å²) < 4.78 is 25.1. The van der Waals surface area contributed by atoms with Crippen molar-refractivity contribution < 1.29 is 18.0 Å². The van der Waals surface area contributed by atoms with Gasteiger partial charge >= 0.3 is 11.8 Å². The fourth-order valence-corrected chi connectivity index (χ4v) is 3.49. The highest BCUT2D eigenvalue weighted by Gasteiger charge is 2.17. The quantitative estimate of drug-likeness (QED) is 0.713. The van der Waals surface area contributed by atoms with Crippen LogP contribution in [-0.2, 0) is 26.2 Å². The van der Waals surface area contributed by atoms with E-state index < -0.39 is 21.8 Å². The Morgan fingerprint density at radius 1 is 0.963 bits per heavy atom. The van der Waals surface area contributed by atoms with Gasteiger partial charge in [-0.1, -0.05) is 35.3 Å². The zero-order valence-corrected chi connectivity index (χ0v) is 16.8. The van der Waals surface area contributed by atoms with Gasteiger partial charge in [0.05, 0.1) is 4.90 Å². The van der Waals surface area contributed by atoms with Crippen LogP contribution in [-0.4, -0.2) is 38.6 Å². The first-order valence-electron chi connectivity index (χ1n) is 7.66. The van der Waals surface area contributed by atoms with E-state index in [-0.39, 0.29) is 11.4 Å². The number of carbonyl (C=O) groups excluding carboxylic acids is 2. The van der Waals surface area contributed by atoms with Gasteiger partial charge in [-0.05, 0) is 35.9 Å². The lowest BCUT2D eigenvalue weighted by Crippen LogP contribution is -2.35. The fourth-order valence-electron chi connectivity index (χ4n) is 2.07. The van der Waals surface area contributed by atoms with Crippen LogP contribution in [0.2, 0.25) is 10.0 Å². The molecule has 0 saturated carbocycles. The van der Waals surface area contributed by atoms with E-state index in [4.69, 9.17) is 23.2 Å². The molecule has 0 saturated heterocycles. The second kappa shape index (κ2) is 8.71. The van der Waals surface area contributed by atoms with E-state index in [2.05, 4.69) is 10.6 Å². The fraction of sp³-hybridized carbons (Fsp3) is 0.176. The second-order valence-corrected chi connectivity index (χ2v) is 8.75. The van der Waals surface area contributed by atoms with Crippen LogP contribution in [0.5, 0.6) is 0 Å². The molecule has 0 heterocycles. The molecule has 2 rings (SSSR count). The van der Waals surface area contributed by atoms with Crippen LogP contribution in [0.15, 0.2) is 47.4 Å². The molecule has 2 aromatic carbocycles. The zero-order chi connectivity index (χ0) is 20.2. The predicted octanol–water partition coefficient (Wildman–Crippen LogP) is 2.50. The number of halogens is 2. The lowest BCUT2D eigenvalue weighted by Gasteiger charge is -2.12. The third-order valence-corrected chi connectivity index (χ3v) is 5.75. The van der Waals surface area contributed by atoms with Crippen molar-refractivity contribution in [2.45, 2.75) is 11.4 Å². The molecule has 7 nitrogen and oxygen atoms in total. The van der Waals surface area contributed by atoms with Gasteiger partial charge in [-0.2, -0.15) is 0 Å². The Morgan fingerprint density at radius 3 is 2.04 bits per heavy atom. The largest absolute Gasteiger partial charge is 0.344 e. The van der Waals surface area contributed by atoms with Crippen LogP contribution >= 0.6 is 23.2 Å². The molecule has 0 atom stereocenters. The number of anilines is 1. The number of nitrogens with zero attached hydrogens (tertiary/aromatic N) is 1. The molecule has 0 radical (unpaired) electrons. The Labute approximate surface area is 167 Å². The molecule has 0 aliphatic carbocycles. The van der Waals surface area contributed by atoms with Crippen molar-refractivity contribution >= 4 is 50.7 Å². The van der Waals surface area contributed by atoms with E-state index in [1.54, 1.807) is 12.1 Å². The van der Waals surface area contributed by atoms with Gasteiger partial charge in [0.1, 0.15) is 0 Å². The van der Waals surface area contributed by atoms with Crippen LogP contribution in [0.4, 0.5) is 5.69 Å². The van der Waals surface area contributed by atoms with Crippen LogP contribution in [0.1, 0.15) is 5.56 Å². The molecule has 0 spiro atoms. The van der Waals surface area contributed by atoms with Crippen molar-refractivity contribution in [3.63, 3.8) is 0 Å². The van der Waals surface area contributed by atoms with E-state index in [1.165, 1.54) is 44.4 Å². The minimum absolute atomic E-state index is 0.0604. The average Bonchev–Trinajstić information content (AvgIpc) is 2.58. The summed E-state index contributed by atoms with van der Waals surface area (Å²) in [6, 6.07) is 10.4. The summed E-state index contributed by atoms with van der Waals surface area (Å²) in [5, 5.41) is 5.50. The number of sulfonamides is 1. The first-order valence-corrected chi connectivity index (χ1v) is 9.86. The molecule has 0 bridgehead atoms. The highest BCUT2D eigenvalue weighted by molar-refractivity contribution is 7.89. The smallest absolute Gasteiger partial charge is 0.313 e. The third kappa shape index (κ3) is 5.67. The zero-order valence-electron chi connectivity index (χ0n) is 14.5. The Morgan fingerprint density at radius 2 is 1.52 bits per heavy atom. The SMILES string of the molecule is CN(C)S(=O)(=O)c1ccc(CNC(=O)C(=O)Nc2cc(Cl)cc(Cl)c2)cc1. The topological polar surface area (TPSA) is 95.6 Å². The number of nitrogens with one attached hydrogen (secondary N) is 2. The number of rotatable bonds is 5. The van der Waals surface area contributed by atoms with Crippen LogP contribution in [0.25, 0.3) is 0 Å². The number of hydrogen-bond acceptors (Lipinski definition) is 4. The highest BCUT2D eigenvalue weighted by Crippen LogP contribution is 2.22. The maximum Gasteiger partial charge on any atom is 0.313 e. The molecule has 144 valence electrons. The highest BCUT2D eigenvalue weighted by atomic mass is 35.5. The van der Waals surface area contributed by atoms with Gasteiger partial charge < -0.3 is 10.6 Å². The maximum atomic E-state index is 12.0. The first kappa shape index (κ1) is 21.2. The van der Waals surface area contributed by atoms with Gasteiger partial charge in [0.2, 0.25) is 10.0 Å². The predicted molar refractivity (Wildman–Crippen MR) is 104 cm³/mol. The molecule has 10 heteroatoms. The Kier molecular flexibility index (Phi) is 6.83. The summed E-state index contributed by atoms with van der Waals surface area (Å²) in [6.45, 7) is 0.0604. The molecule has 27 heavy (non-hydrogen) atoms. The van der Waals surface area contributed by atoms with E-state index in [1.807, 2.05) is 0 Å². The minimum atomic E-state index is -3.52. The molecule has 0 unspecified atom stereocenters. The Hall–Kier alpha value is -2.13. The number of hydrogen-bond donors (Lipinski definition) is 2. The molecule has 0 aromatic heterocycles. The molecule has 0 aliphatic heterocycles. The van der Waals surface area contributed by atoms with Gasteiger partial charge in [0, 0.05) is 36.4 Å². The average molecular weight is 430 g/mol. The second-order valence-electron chi connectivity index (χ2n) is 5.73. The van der Waals surface area contributed by atoms with Crippen molar-refractivity contribution in [3.05, 3.63) is 58.1 Å². The molecule has 0 fully saturated rings. The maximum absolute atomic E-state index is 12.0. The lowest BCUT2D eigenvalue weighted by molar-refractivity contribution is -0.136. The van der Waals surface area contributed by atoms with Gasteiger partial charge in [0.15, 0.2) is 0 Å². The normalized spacial score (nSPS) is 11.3.